The van der Waals surface area contributed by atoms with Crippen molar-refractivity contribution in [3.05, 3.63) is 35.9 Å². The monoisotopic (exact) mass is 197 g/mol. The number of nitrogens with two attached hydrogens (primary N) is 1. The highest BCUT2D eigenvalue weighted by molar-refractivity contribution is 5.21. The van der Waals surface area contributed by atoms with Gasteiger partial charge in [0, 0.05) is 19.1 Å². The molecule has 3 heteroatoms. The summed E-state index contributed by atoms with van der Waals surface area (Å²) in [6.45, 7) is -0.0714. The highest BCUT2D eigenvalue weighted by Gasteiger charge is 2.19. The molecule has 0 bridgehead atoms. The maximum atomic E-state index is 12.5. The summed E-state index contributed by atoms with van der Waals surface area (Å²) in [5.41, 5.74) is 6.71. The second-order valence-electron chi connectivity index (χ2n) is 3.29. The van der Waals surface area contributed by atoms with Gasteiger partial charge in [0.05, 0.1) is 6.61 Å². The lowest BCUT2D eigenvalue weighted by Gasteiger charge is -2.21. The first-order chi connectivity index (χ1) is 6.79. The van der Waals surface area contributed by atoms with Crippen LogP contribution >= 0.6 is 0 Å². The van der Waals surface area contributed by atoms with Gasteiger partial charge in [0.25, 0.3) is 0 Å². The van der Waals surface area contributed by atoms with Crippen LogP contribution in [0, 0.1) is 0 Å². The van der Waals surface area contributed by atoms with E-state index in [0.717, 1.165) is 5.56 Å². The fourth-order valence-electron chi connectivity index (χ4n) is 1.45. The number of alkyl halides is 1. The highest BCUT2D eigenvalue weighted by atomic mass is 19.1. The second-order valence-corrected chi connectivity index (χ2v) is 3.29. The summed E-state index contributed by atoms with van der Waals surface area (Å²) in [5, 5.41) is 0. The Hall–Kier alpha value is -0.930. The molecule has 2 N–H and O–H groups in total. The van der Waals surface area contributed by atoms with E-state index in [9.17, 15) is 4.39 Å². The number of methoxy groups -OCH3 is 1. The van der Waals surface area contributed by atoms with Crippen molar-refractivity contribution >= 4 is 0 Å². The third-order valence-corrected chi connectivity index (χ3v) is 2.27. The molecule has 14 heavy (non-hydrogen) atoms. The highest BCUT2D eigenvalue weighted by Crippen LogP contribution is 2.18. The maximum Gasteiger partial charge on any atom is 0.105 e. The summed E-state index contributed by atoms with van der Waals surface area (Å²) in [6, 6.07) is 9.16. The summed E-state index contributed by atoms with van der Waals surface area (Å²) >= 11 is 0. The molecular formula is C11H16FNO. The van der Waals surface area contributed by atoms with Crippen molar-refractivity contribution in [3.8, 4) is 0 Å². The maximum absolute atomic E-state index is 12.5. The van der Waals surface area contributed by atoms with Crippen LogP contribution in [0.15, 0.2) is 30.3 Å². The number of ether oxygens (including phenoxy) is 1. The summed E-state index contributed by atoms with van der Waals surface area (Å²) in [7, 11) is 1.60. The molecule has 0 saturated carbocycles. The number of hydrogen-bond acceptors (Lipinski definition) is 2. The minimum Gasteiger partial charge on any atom is -0.384 e. The van der Waals surface area contributed by atoms with E-state index >= 15 is 0 Å². The molecular weight excluding hydrogens is 181 g/mol. The molecule has 0 radical (unpaired) electrons. The molecule has 0 aliphatic carbocycles. The van der Waals surface area contributed by atoms with Crippen LogP contribution in [-0.2, 0) is 4.74 Å². The zero-order valence-corrected chi connectivity index (χ0v) is 8.32. The molecule has 0 aromatic heterocycles. The van der Waals surface area contributed by atoms with Gasteiger partial charge >= 0.3 is 0 Å². The normalized spacial score (nSPS) is 15.1. The van der Waals surface area contributed by atoms with E-state index in [0.29, 0.717) is 6.61 Å². The molecule has 1 rings (SSSR count). The number of rotatable bonds is 5. The third-order valence-electron chi connectivity index (χ3n) is 2.27. The Morgan fingerprint density at radius 2 is 2.00 bits per heavy atom. The standard InChI is InChI=1S/C11H16FNO/c1-14-8-10(11(13)7-12)9-5-3-2-4-6-9/h2-6,10-11H,7-8,13H2,1H3. The van der Waals surface area contributed by atoms with Crippen molar-refractivity contribution < 1.29 is 9.13 Å². The lowest BCUT2D eigenvalue weighted by molar-refractivity contribution is 0.163. The van der Waals surface area contributed by atoms with Crippen LogP contribution in [-0.4, -0.2) is 26.4 Å². The lowest BCUT2D eigenvalue weighted by atomic mass is 9.93. The first-order valence-electron chi connectivity index (χ1n) is 4.65. The van der Waals surface area contributed by atoms with Crippen molar-refractivity contribution in [2.45, 2.75) is 12.0 Å². The van der Waals surface area contributed by atoms with E-state index in [4.69, 9.17) is 10.5 Å². The molecule has 0 amide bonds. The van der Waals surface area contributed by atoms with Crippen LogP contribution in [0.1, 0.15) is 11.5 Å². The molecule has 2 atom stereocenters. The van der Waals surface area contributed by atoms with Gasteiger partial charge in [-0.25, -0.2) is 4.39 Å². The molecule has 0 spiro atoms. The SMILES string of the molecule is COCC(c1ccccc1)C(N)CF. The van der Waals surface area contributed by atoms with Gasteiger partial charge in [-0.1, -0.05) is 30.3 Å². The van der Waals surface area contributed by atoms with Gasteiger partial charge in [-0.3, -0.25) is 0 Å². The van der Waals surface area contributed by atoms with E-state index in [1.54, 1.807) is 7.11 Å². The van der Waals surface area contributed by atoms with E-state index < -0.39 is 12.7 Å². The Bertz CT molecular complexity index is 253. The number of halogens is 1. The topological polar surface area (TPSA) is 35.2 Å². The Kier molecular flexibility index (Phi) is 4.56. The predicted octanol–water partition coefficient (Wildman–Crippen LogP) is 1.71. The van der Waals surface area contributed by atoms with Crippen molar-refractivity contribution in [2.24, 2.45) is 5.73 Å². The second kappa shape index (κ2) is 5.73. The van der Waals surface area contributed by atoms with Crippen LogP contribution in [0.25, 0.3) is 0 Å². The summed E-state index contributed by atoms with van der Waals surface area (Å²) in [6.07, 6.45) is 0. The van der Waals surface area contributed by atoms with Crippen molar-refractivity contribution in [1.82, 2.24) is 0 Å². The Balaban J connectivity index is 2.77. The van der Waals surface area contributed by atoms with Crippen LogP contribution < -0.4 is 5.73 Å². The summed E-state index contributed by atoms with van der Waals surface area (Å²) in [4.78, 5) is 0. The molecule has 0 heterocycles. The lowest BCUT2D eigenvalue weighted by Crippen LogP contribution is -2.33. The fraction of sp³-hybridized carbons (Fsp3) is 0.455. The van der Waals surface area contributed by atoms with E-state index in [1.807, 2.05) is 30.3 Å². The molecule has 2 nitrogen and oxygen atoms in total. The van der Waals surface area contributed by atoms with Crippen molar-refractivity contribution in [2.75, 3.05) is 20.4 Å². The van der Waals surface area contributed by atoms with Gasteiger partial charge in [0.1, 0.15) is 6.67 Å². The van der Waals surface area contributed by atoms with Gasteiger partial charge in [-0.2, -0.15) is 0 Å². The van der Waals surface area contributed by atoms with Gasteiger partial charge in [-0.15, -0.1) is 0 Å². The Morgan fingerprint density at radius 1 is 1.36 bits per heavy atom. The smallest absolute Gasteiger partial charge is 0.105 e. The van der Waals surface area contributed by atoms with Gasteiger partial charge in [-0.05, 0) is 5.56 Å². The molecule has 0 saturated heterocycles. The number of benzene rings is 1. The van der Waals surface area contributed by atoms with Gasteiger partial charge in [0.15, 0.2) is 0 Å². The van der Waals surface area contributed by atoms with Crippen molar-refractivity contribution in [3.63, 3.8) is 0 Å². The van der Waals surface area contributed by atoms with Crippen LogP contribution in [0.4, 0.5) is 4.39 Å². The molecule has 1 aromatic rings. The van der Waals surface area contributed by atoms with Crippen molar-refractivity contribution in [1.29, 1.82) is 0 Å². The van der Waals surface area contributed by atoms with Crippen LogP contribution in [0.2, 0.25) is 0 Å². The Labute approximate surface area is 83.9 Å². The zero-order valence-electron chi connectivity index (χ0n) is 8.32. The average molecular weight is 197 g/mol. The fourth-order valence-corrected chi connectivity index (χ4v) is 1.45. The Morgan fingerprint density at radius 3 is 2.50 bits per heavy atom. The third kappa shape index (κ3) is 2.79. The minimum atomic E-state index is -0.525. The quantitative estimate of drug-likeness (QED) is 0.780. The molecule has 78 valence electrons. The largest absolute Gasteiger partial charge is 0.384 e. The molecule has 0 aliphatic rings. The van der Waals surface area contributed by atoms with E-state index in [-0.39, 0.29) is 5.92 Å². The summed E-state index contributed by atoms with van der Waals surface area (Å²) in [5.74, 6) is -0.0637. The molecule has 0 fully saturated rings. The molecule has 1 aromatic carbocycles. The van der Waals surface area contributed by atoms with E-state index in [2.05, 4.69) is 0 Å². The first kappa shape index (κ1) is 11.1. The number of hydrogen-bond donors (Lipinski definition) is 1. The molecule has 0 aliphatic heterocycles. The first-order valence-corrected chi connectivity index (χ1v) is 4.65. The minimum absolute atomic E-state index is 0.0637. The predicted molar refractivity (Wildman–Crippen MR) is 55.0 cm³/mol. The summed E-state index contributed by atoms with van der Waals surface area (Å²) < 4.78 is 17.5. The van der Waals surface area contributed by atoms with Gasteiger partial charge < -0.3 is 10.5 Å². The van der Waals surface area contributed by atoms with Crippen LogP contribution in [0.5, 0.6) is 0 Å². The van der Waals surface area contributed by atoms with E-state index in [1.165, 1.54) is 0 Å². The zero-order chi connectivity index (χ0) is 10.4. The molecule has 2 unspecified atom stereocenters. The van der Waals surface area contributed by atoms with Crippen LogP contribution in [0.3, 0.4) is 0 Å². The average Bonchev–Trinajstić information content (AvgIpc) is 2.26. The van der Waals surface area contributed by atoms with Gasteiger partial charge in [0.2, 0.25) is 0 Å².